The van der Waals surface area contributed by atoms with Crippen LogP contribution in [0.4, 0.5) is 17.6 Å². The molecule has 2 aliphatic heterocycles. The molecule has 0 radical (unpaired) electrons. The molecule has 1 aromatic carbocycles. The van der Waals surface area contributed by atoms with Gasteiger partial charge in [-0.05, 0) is 50.9 Å². The fraction of sp³-hybridized carbons (Fsp3) is 0.545. The Balaban J connectivity index is 0.000000429. The number of carboxylic acids is 1. The number of nitrogens with zero attached hydrogens (tertiary/aromatic N) is 2. The lowest BCUT2D eigenvalue weighted by Crippen LogP contribution is -2.38. The van der Waals surface area contributed by atoms with E-state index in [4.69, 9.17) is 9.90 Å². The second kappa shape index (κ2) is 11.5. The fourth-order valence-electron chi connectivity index (χ4n) is 4.30. The zero-order valence-corrected chi connectivity index (χ0v) is 19.7. The first-order valence-corrected chi connectivity index (χ1v) is 12.7. The third-order valence-corrected chi connectivity index (χ3v) is 8.24. The number of rotatable bonds is 5. The second-order valence-corrected chi connectivity index (χ2v) is 10.4. The number of benzene rings is 1. The van der Waals surface area contributed by atoms with Gasteiger partial charge in [0.2, 0.25) is 10.0 Å². The lowest BCUT2D eigenvalue weighted by atomic mass is 9.91. The van der Waals surface area contributed by atoms with Gasteiger partial charge < -0.3 is 10.4 Å². The van der Waals surface area contributed by atoms with Crippen LogP contribution in [0.3, 0.4) is 0 Å². The molecular formula is C22H28F4N4O4S. The lowest BCUT2D eigenvalue weighted by Gasteiger charge is -2.31. The minimum absolute atomic E-state index is 0.0886. The van der Waals surface area contributed by atoms with Crippen LogP contribution in [-0.2, 0) is 21.5 Å². The summed E-state index contributed by atoms with van der Waals surface area (Å²) in [5, 5.41) is 18.2. The van der Waals surface area contributed by atoms with Crippen molar-refractivity contribution in [1.29, 1.82) is 0 Å². The van der Waals surface area contributed by atoms with Crippen molar-refractivity contribution < 1.29 is 35.9 Å². The van der Waals surface area contributed by atoms with E-state index in [9.17, 15) is 26.0 Å². The van der Waals surface area contributed by atoms with E-state index in [-0.39, 0.29) is 16.4 Å². The SMILES string of the molecule is O=C(O)C(F)(F)F.O=S(=O)(c1ccccc1CF)N1CCC(c2cc(C3CCNCC3)n[nH]2)CC1. The molecule has 2 saturated heterocycles. The molecule has 2 fully saturated rings. The predicted molar refractivity (Wildman–Crippen MR) is 119 cm³/mol. The van der Waals surface area contributed by atoms with Gasteiger partial charge in [0.25, 0.3) is 0 Å². The van der Waals surface area contributed by atoms with Gasteiger partial charge in [0.1, 0.15) is 6.67 Å². The fourth-order valence-corrected chi connectivity index (χ4v) is 5.98. The molecule has 3 heterocycles. The van der Waals surface area contributed by atoms with Crippen molar-refractivity contribution in [2.24, 2.45) is 0 Å². The highest BCUT2D eigenvalue weighted by Gasteiger charge is 2.38. The number of sulfonamides is 1. The molecule has 13 heteroatoms. The van der Waals surface area contributed by atoms with Crippen LogP contribution in [0.5, 0.6) is 0 Å². The number of H-pyrrole nitrogens is 1. The lowest BCUT2D eigenvalue weighted by molar-refractivity contribution is -0.192. The molecule has 2 aliphatic rings. The Morgan fingerprint density at radius 3 is 2.26 bits per heavy atom. The number of carboxylic acid groups (broad SMARTS) is 1. The second-order valence-electron chi connectivity index (χ2n) is 8.50. The number of carbonyl (C=O) groups is 1. The summed E-state index contributed by atoms with van der Waals surface area (Å²) < 4.78 is 72.4. The number of hydrogen-bond donors (Lipinski definition) is 3. The Morgan fingerprint density at radius 2 is 1.69 bits per heavy atom. The van der Waals surface area contributed by atoms with Gasteiger partial charge in [-0.3, -0.25) is 5.10 Å². The van der Waals surface area contributed by atoms with Crippen LogP contribution in [-0.4, -0.2) is 66.4 Å². The highest BCUT2D eigenvalue weighted by atomic mass is 32.2. The van der Waals surface area contributed by atoms with Gasteiger partial charge in [-0.15, -0.1) is 0 Å². The first-order chi connectivity index (χ1) is 16.5. The van der Waals surface area contributed by atoms with E-state index in [0.29, 0.717) is 19.0 Å². The molecule has 8 nitrogen and oxygen atoms in total. The monoisotopic (exact) mass is 520 g/mol. The van der Waals surface area contributed by atoms with E-state index < -0.39 is 28.8 Å². The molecule has 194 valence electrons. The van der Waals surface area contributed by atoms with Crippen molar-refractivity contribution in [3.8, 4) is 0 Å². The van der Waals surface area contributed by atoms with Crippen LogP contribution in [0.15, 0.2) is 35.2 Å². The molecule has 0 saturated carbocycles. The Morgan fingerprint density at radius 1 is 1.09 bits per heavy atom. The number of piperidine rings is 2. The summed E-state index contributed by atoms with van der Waals surface area (Å²) >= 11 is 0. The number of aromatic amines is 1. The maximum atomic E-state index is 13.2. The number of hydrogen-bond acceptors (Lipinski definition) is 5. The largest absolute Gasteiger partial charge is 0.490 e. The average Bonchev–Trinajstić information content (AvgIpc) is 3.35. The van der Waals surface area contributed by atoms with Gasteiger partial charge in [0.15, 0.2) is 0 Å². The summed E-state index contributed by atoms with van der Waals surface area (Å²) in [6, 6.07) is 8.51. The van der Waals surface area contributed by atoms with E-state index in [1.54, 1.807) is 12.1 Å². The van der Waals surface area contributed by atoms with Crippen molar-refractivity contribution in [3.05, 3.63) is 47.3 Å². The van der Waals surface area contributed by atoms with Crippen LogP contribution in [0.2, 0.25) is 0 Å². The third kappa shape index (κ3) is 6.79. The average molecular weight is 521 g/mol. The van der Waals surface area contributed by atoms with Crippen molar-refractivity contribution in [2.45, 2.75) is 55.3 Å². The zero-order chi connectivity index (χ0) is 25.6. The van der Waals surface area contributed by atoms with Crippen LogP contribution in [0.25, 0.3) is 0 Å². The quantitative estimate of drug-likeness (QED) is 0.520. The van der Waals surface area contributed by atoms with E-state index in [2.05, 4.69) is 21.6 Å². The standard InChI is InChI=1S/C20H27FN4O2S.C2HF3O2/c21-14-17-3-1-2-4-20(17)28(26,27)25-11-7-16(8-12-25)19-13-18(23-24-19)15-5-9-22-10-6-15;3-2(4,5)1(6)7/h1-4,13,15-16,22H,5-12,14H2,(H,23,24);(H,6,7). The van der Waals surface area contributed by atoms with Crippen molar-refractivity contribution in [1.82, 2.24) is 19.8 Å². The molecule has 1 aromatic heterocycles. The van der Waals surface area contributed by atoms with Crippen LogP contribution in [0, 0.1) is 0 Å². The van der Waals surface area contributed by atoms with E-state index in [1.807, 2.05) is 0 Å². The van der Waals surface area contributed by atoms with E-state index >= 15 is 0 Å². The molecule has 2 aromatic rings. The summed E-state index contributed by atoms with van der Waals surface area (Å²) in [6.45, 7) is 2.16. The van der Waals surface area contributed by atoms with Gasteiger partial charge in [0.05, 0.1) is 10.6 Å². The first kappa shape index (κ1) is 27.1. The number of aliphatic carboxylic acids is 1. The van der Waals surface area contributed by atoms with Crippen LogP contribution < -0.4 is 5.32 Å². The minimum atomic E-state index is -5.08. The van der Waals surface area contributed by atoms with E-state index in [0.717, 1.165) is 50.2 Å². The summed E-state index contributed by atoms with van der Waals surface area (Å²) in [6.07, 6.45) is -1.39. The molecular weight excluding hydrogens is 492 g/mol. The maximum absolute atomic E-state index is 13.2. The third-order valence-electron chi connectivity index (χ3n) is 6.25. The number of alkyl halides is 4. The van der Waals surface area contributed by atoms with E-state index in [1.165, 1.54) is 16.4 Å². The maximum Gasteiger partial charge on any atom is 0.490 e. The number of halogens is 4. The van der Waals surface area contributed by atoms with Crippen molar-refractivity contribution >= 4 is 16.0 Å². The van der Waals surface area contributed by atoms with Crippen molar-refractivity contribution in [3.63, 3.8) is 0 Å². The smallest absolute Gasteiger partial charge is 0.475 e. The normalized spacial score (nSPS) is 18.6. The highest BCUT2D eigenvalue weighted by Crippen LogP contribution is 2.33. The summed E-state index contributed by atoms with van der Waals surface area (Å²) in [5.41, 5.74) is 2.46. The number of aromatic nitrogens is 2. The zero-order valence-electron chi connectivity index (χ0n) is 18.9. The highest BCUT2D eigenvalue weighted by molar-refractivity contribution is 7.89. The van der Waals surface area contributed by atoms with Gasteiger partial charge in [0, 0.05) is 36.2 Å². The molecule has 0 spiro atoms. The van der Waals surface area contributed by atoms with Gasteiger partial charge >= 0.3 is 12.1 Å². The Labute approximate surface area is 200 Å². The van der Waals surface area contributed by atoms with Crippen molar-refractivity contribution in [2.75, 3.05) is 26.2 Å². The van der Waals surface area contributed by atoms with Crippen LogP contribution in [0.1, 0.15) is 54.5 Å². The van der Waals surface area contributed by atoms with Gasteiger partial charge in [-0.2, -0.15) is 22.6 Å². The van der Waals surface area contributed by atoms with Gasteiger partial charge in [-0.1, -0.05) is 18.2 Å². The predicted octanol–water partition coefficient (Wildman–Crippen LogP) is 3.55. The van der Waals surface area contributed by atoms with Gasteiger partial charge in [-0.25, -0.2) is 17.6 Å². The molecule has 3 N–H and O–H groups in total. The Kier molecular flexibility index (Phi) is 8.89. The summed E-state index contributed by atoms with van der Waals surface area (Å²) in [7, 11) is -3.66. The molecule has 0 aliphatic carbocycles. The summed E-state index contributed by atoms with van der Waals surface area (Å²) in [4.78, 5) is 8.98. The number of nitrogens with one attached hydrogen (secondary N) is 2. The topological polar surface area (TPSA) is 115 Å². The Bertz CT molecular complexity index is 1090. The molecule has 0 atom stereocenters. The molecule has 0 amide bonds. The molecule has 0 bridgehead atoms. The Hall–Kier alpha value is -2.51. The molecule has 35 heavy (non-hydrogen) atoms. The summed E-state index contributed by atoms with van der Waals surface area (Å²) in [5.74, 6) is -1.97. The first-order valence-electron chi connectivity index (χ1n) is 11.2. The minimum Gasteiger partial charge on any atom is -0.475 e. The van der Waals surface area contributed by atoms with Crippen LogP contribution >= 0.6 is 0 Å². The molecule has 0 unspecified atom stereocenters. The molecule has 4 rings (SSSR count).